The van der Waals surface area contributed by atoms with Crippen molar-refractivity contribution in [2.45, 2.75) is 39.7 Å². The minimum atomic E-state index is 0.479. The number of piperidine rings is 1. The average molecular weight is 229 g/mol. The smallest absolute Gasteiger partial charge is 0.146 e. The van der Waals surface area contributed by atoms with E-state index in [9.17, 15) is 5.26 Å². The molecule has 0 amide bonds. The first kappa shape index (κ1) is 11.9. The van der Waals surface area contributed by atoms with Gasteiger partial charge in [-0.1, -0.05) is 6.92 Å². The van der Waals surface area contributed by atoms with E-state index in [4.69, 9.17) is 0 Å². The van der Waals surface area contributed by atoms with Crippen LogP contribution in [-0.4, -0.2) is 17.6 Å². The summed E-state index contributed by atoms with van der Waals surface area (Å²) in [4.78, 5) is 6.71. The second kappa shape index (κ2) is 4.75. The molecule has 1 aliphatic rings. The van der Waals surface area contributed by atoms with Gasteiger partial charge in [0.1, 0.15) is 11.9 Å². The van der Waals surface area contributed by atoms with Gasteiger partial charge in [-0.3, -0.25) is 0 Å². The molecule has 90 valence electrons. The van der Waals surface area contributed by atoms with Gasteiger partial charge in [0.15, 0.2) is 0 Å². The van der Waals surface area contributed by atoms with Crippen LogP contribution < -0.4 is 4.90 Å². The Hall–Kier alpha value is -1.56. The molecule has 1 saturated heterocycles. The standard InChI is InChI=1S/C14H19N3/c1-10-4-5-12(3)17(9-10)14-13(8-15)11(2)6-7-16-14/h6-7,10,12H,4-5,9H2,1-3H3. The maximum Gasteiger partial charge on any atom is 0.146 e. The average Bonchev–Trinajstić information content (AvgIpc) is 2.32. The van der Waals surface area contributed by atoms with Crippen molar-refractivity contribution < 1.29 is 0 Å². The molecular weight excluding hydrogens is 210 g/mol. The molecular formula is C14H19N3. The number of rotatable bonds is 1. The van der Waals surface area contributed by atoms with Crippen LogP contribution in [0.3, 0.4) is 0 Å². The van der Waals surface area contributed by atoms with Crippen LogP contribution in [-0.2, 0) is 0 Å². The van der Waals surface area contributed by atoms with Crippen molar-refractivity contribution in [3.63, 3.8) is 0 Å². The van der Waals surface area contributed by atoms with Gasteiger partial charge in [-0.15, -0.1) is 0 Å². The summed E-state index contributed by atoms with van der Waals surface area (Å²) in [5.74, 6) is 1.55. The van der Waals surface area contributed by atoms with Crippen molar-refractivity contribution in [1.29, 1.82) is 5.26 Å². The molecule has 0 aromatic carbocycles. The zero-order chi connectivity index (χ0) is 12.4. The molecule has 1 fully saturated rings. The largest absolute Gasteiger partial charge is 0.353 e. The van der Waals surface area contributed by atoms with Crippen molar-refractivity contribution in [2.24, 2.45) is 5.92 Å². The molecule has 2 atom stereocenters. The maximum absolute atomic E-state index is 9.27. The fourth-order valence-electron chi connectivity index (χ4n) is 2.48. The molecule has 2 unspecified atom stereocenters. The summed E-state index contributed by atoms with van der Waals surface area (Å²) in [5.41, 5.74) is 1.75. The zero-order valence-electron chi connectivity index (χ0n) is 10.8. The third-order valence-electron chi connectivity index (χ3n) is 3.64. The van der Waals surface area contributed by atoms with E-state index in [-0.39, 0.29) is 0 Å². The van der Waals surface area contributed by atoms with Crippen molar-refractivity contribution in [3.05, 3.63) is 23.4 Å². The minimum absolute atomic E-state index is 0.479. The number of nitriles is 1. The Balaban J connectivity index is 2.39. The second-order valence-electron chi connectivity index (χ2n) is 5.12. The van der Waals surface area contributed by atoms with E-state index in [0.717, 1.165) is 23.5 Å². The molecule has 1 aliphatic heterocycles. The lowest BCUT2D eigenvalue weighted by Gasteiger charge is -2.38. The van der Waals surface area contributed by atoms with E-state index in [1.54, 1.807) is 6.20 Å². The molecule has 2 heterocycles. The Bertz CT molecular complexity index is 447. The number of pyridine rings is 1. The van der Waals surface area contributed by atoms with Crippen LogP contribution in [0.1, 0.15) is 37.8 Å². The number of nitrogens with zero attached hydrogens (tertiary/aromatic N) is 3. The summed E-state index contributed by atoms with van der Waals surface area (Å²) in [7, 11) is 0. The number of aromatic nitrogens is 1. The van der Waals surface area contributed by atoms with Crippen LogP contribution >= 0.6 is 0 Å². The summed E-state index contributed by atoms with van der Waals surface area (Å²) in [5, 5.41) is 9.27. The second-order valence-corrected chi connectivity index (χ2v) is 5.12. The first-order valence-corrected chi connectivity index (χ1v) is 6.25. The number of anilines is 1. The third kappa shape index (κ3) is 2.26. The highest BCUT2D eigenvalue weighted by molar-refractivity contribution is 5.57. The van der Waals surface area contributed by atoms with Gasteiger partial charge in [0.2, 0.25) is 0 Å². The van der Waals surface area contributed by atoms with Crippen molar-refractivity contribution in [2.75, 3.05) is 11.4 Å². The molecule has 0 radical (unpaired) electrons. The minimum Gasteiger partial charge on any atom is -0.353 e. The van der Waals surface area contributed by atoms with Gasteiger partial charge >= 0.3 is 0 Å². The van der Waals surface area contributed by atoms with Gasteiger partial charge in [-0.2, -0.15) is 5.26 Å². The van der Waals surface area contributed by atoms with E-state index in [2.05, 4.69) is 29.8 Å². The SMILES string of the molecule is Cc1ccnc(N2CC(C)CCC2C)c1C#N. The Morgan fingerprint density at radius 2 is 2.18 bits per heavy atom. The quantitative estimate of drug-likeness (QED) is 0.743. The van der Waals surface area contributed by atoms with E-state index >= 15 is 0 Å². The van der Waals surface area contributed by atoms with Gasteiger partial charge in [0.25, 0.3) is 0 Å². The Labute approximate surface area is 103 Å². The summed E-state index contributed by atoms with van der Waals surface area (Å²) in [6, 6.07) is 4.67. The summed E-state index contributed by atoms with van der Waals surface area (Å²) in [6.07, 6.45) is 4.25. The molecule has 3 heteroatoms. The normalized spacial score (nSPS) is 24.5. The van der Waals surface area contributed by atoms with E-state index in [0.29, 0.717) is 12.0 Å². The van der Waals surface area contributed by atoms with Crippen LogP contribution in [0, 0.1) is 24.2 Å². The van der Waals surface area contributed by atoms with Crippen LogP contribution in [0.25, 0.3) is 0 Å². The molecule has 0 spiro atoms. The highest BCUT2D eigenvalue weighted by Crippen LogP contribution is 2.29. The van der Waals surface area contributed by atoms with Crippen molar-refractivity contribution >= 4 is 5.82 Å². The van der Waals surface area contributed by atoms with Gasteiger partial charge in [-0.25, -0.2) is 4.98 Å². The predicted molar refractivity (Wildman–Crippen MR) is 68.9 cm³/mol. The van der Waals surface area contributed by atoms with E-state index in [1.807, 2.05) is 13.0 Å². The maximum atomic E-state index is 9.27. The number of aryl methyl sites for hydroxylation is 1. The van der Waals surface area contributed by atoms with Gasteiger partial charge in [0.05, 0.1) is 5.56 Å². The van der Waals surface area contributed by atoms with Crippen molar-refractivity contribution in [1.82, 2.24) is 4.98 Å². The number of hydrogen-bond donors (Lipinski definition) is 0. The third-order valence-corrected chi connectivity index (χ3v) is 3.64. The predicted octanol–water partition coefficient (Wildman–Crippen LogP) is 2.89. The van der Waals surface area contributed by atoms with Gasteiger partial charge < -0.3 is 4.90 Å². The topological polar surface area (TPSA) is 39.9 Å². The molecule has 1 aromatic rings. The molecule has 0 bridgehead atoms. The summed E-state index contributed by atoms with van der Waals surface area (Å²) < 4.78 is 0. The first-order chi connectivity index (χ1) is 8.13. The lowest BCUT2D eigenvalue weighted by molar-refractivity contribution is 0.388. The summed E-state index contributed by atoms with van der Waals surface area (Å²) in [6.45, 7) is 7.46. The van der Waals surface area contributed by atoms with E-state index < -0.39 is 0 Å². The molecule has 3 nitrogen and oxygen atoms in total. The lowest BCUT2D eigenvalue weighted by Crippen LogP contribution is -2.42. The monoisotopic (exact) mass is 229 g/mol. The molecule has 1 aromatic heterocycles. The first-order valence-electron chi connectivity index (χ1n) is 6.25. The lowest BCUT2D eigenvalue weighted by atomic mass is 9.94. The van der Waals surface area contributed by atoms with Crippen molar-refractivity contribution in [3.8, 4) is 6.07 Å². The van der Waals surface area contributed by atoms with Gasteiger partial charge in [-0.05, 0) is 44.2 Å². The Kier molecular flexibility index (Phi) is 3.33. The molecule has 0 aliphatic carbocycles. The Morgan fingerprint density at radius 1 is 1.41 bits per heavy atom. The fourth-order valence-corrected chi connectivity index (χ4v) is 2.48. The summed E-state index contributed by atoms with van der Waals surface area (Å²) >= 11 is 0. The molecule has 0 saturated carbocycles. The van der Waals surface area contributed by atoms with Crippen LogP contribution in [0.2, 0.25) is 0 Å². The zero-order valence-corrected chi connectivity index (χ0v) is 10.8. The highest BCUT2D eigenvalue weighted by atomic mass is 15.2. The molecule has 17 heavy (non-hydrogen) atoms. The van der Waals surface area contributed by atoms with Crippen LogP contribution in [0.4, 0.5) is 5.82 Å². The number of hydrogen-bond acceptors (Lipinski definition) is 3. The molecule has 0 N–H and O–H groups in total. The molecule has 2 rings (SSSR count). The fraction of sp³-hybridized carbons (Fsp3) is 0.571. The van der Waals surface area contributed by atoms with Gasteiger partial charge in [0, 0.05) is 18.8 Å². The van der Waals surface area contributed by atoms with E-state index in [1.165, 1.54) is 12.8 Å². The highest BCUT2D eigenvalue weighted by Gasteiger charge is 2.26. The Morgan fingerprint density at radius 3 is 2.88 bits per heavy atom. The van der Waals surface area contributed by atoms with Crippen LogP contribution in [0.15, 0.2) is 12.3 Å². The van der Waals surface area contributed by atoms with Crippen LogP contribution in [0.5, 0.6) is 0 Å².